The van der Waals surface area contributed by atoms with E-state index in [2.05, 4.69) is 5.32 Å². The van der Waals surface area contributed by atoms with Crippen LogP contribution in [0.4, 0.5) is 0 Å². The average Bonchev–Trinajstić information content (AvgIpc) is 3.10. The van der Waals surface area contributed by atoms with Gasteiger partial charge in [-0.05, 0) is 49.7 Å². The normalized spacial score (nSPS) is 17.1. The van der Waals surface area contributed by atoms with Gasteiger partial charge in [0.2, 0.25) is 0 Å². The molecule has 24 heavy (non-hydrogen) atoms. The highest BCUT2D eigenvalue weighted by Crippen LogP contribution is 2.31. The Hall–Kier alpha value is -2.33. The molecular formula is C20H24N2O2. The van der Waals surface area contributed by atoms with Gasteiger partial charge in [0.15, 0.2) is 0 Å². The van der Waals surface area contributed by atoms with E-state index in [-0.39, 0.29) is 5.91 Å². The van der Waals surface area contributed by atoms with Crippen molar-refractivity contribution in [3.05, 3.63) is 54.1 Å². The molecule has 1 fully saturated rings. The minimum atomic E-state index is 0.105. The highest BCUT2D eigenvalue weighted by atomic mass is 16.5. The Morgan fingerprint density at radius 2 is 2.04 bits per heavy atom. The van der Waals surface area contributed by atoms with Crippen molar-refractivity contribution < 1.29 is 9.53 Å². The lowest BCUT2D eigenvalue weighted by Gasteiger charge is -2.18. The number of benzene rings is 2. The molecule has 126 valence electrons. The lowest BCUT2D eigenvalue weighted by atomic mass is 10.0. The first kappa shape index (κ1) is 16.5. The van der Waals surface area contributed by atoms with Crippen molar-refractivity contribution in [3.8, 4) is 16.9 Å². The van der Waals surface area contributed by atoms with Crippen LogP contribution in [-0.4, -0.2) is 44.6 Å². The second-order valence-electron chi connectivity index (χ2n) is 6.24. The van der Waals surface area contributed by atoms with Crippen LogP contribution in [0.2, 0.25) is 0 Å². The molecule has 0 radical (unpaired) electrons. The standard InChI is InChI=1S/C20H24N2O2/c1-21-13-15-10-11-22(14-15)20(23)17-8-9-19(24-2)18(12-17)16-6-4-3-5-7-16/h3-9,12,15,21H,10-11,13-14H2,1-2H3/t15-/m1/s1. The molecule has 1 N–H and O–H groups in total. The number of hydrogen-bond acceptors (Lipinski definition) is 3. The van der Waals surface area contributed by atoms with E-state index in [1.807, 2.05) is 60.5 Å². The van der Waals surface area contributed by atoms with Crippen LogP contribution in [0.3, 0.4) is 0 Å². The molecule has 3 rings (SSSR count). The minimum absolute atomic E-state index is 0.105. The van der Waals surface area contributed by atoms with Crippen molar-refractivity contribution >= 4 is 5.91 Å². The van der Waals surface area contributed by atoms with Crippen molar-refractivity contribution in [1.82, 2.24) is 10.2 Å². The number of likely N-dealkylation sites (tertiary alicyclic amines) is 1. The number of nitrogens with one attached hydrogen (secondary N) is 1. The monoisotopic (exact) mass is 324 g/mol. The van der Waals surface area contributed by atoms with Gasteiger partial charge in [0.25, 0.3) is 5.91 Å². The van der Waals surface area contributed by atoms with Crippen LogP contribution in [0, 0.1) is 5.92 Å². The van der Waals surface area contributed by atoms with Crippen LogP contribution < -0.4 is 10.1 Å². The third kappa shape index (κ3) is 3.44. The smallest absolute Gasteiger partial charge is 0.253 e. The molecule has 4 nitrogen and oxygen atoms in total. The number of methoxy groups -OCH3 is 1. The van der Waals surface area contributed by atoms with Gasteiger partial charge in [-0.3, -0.25) is 4.79 Å². The van der Waals surface area contributed by atoms with E-state index >= 15 is 0 Å². The molecule has 1 aliphatic heterocycles. The quantitative estimate of drug-likeness (QED) is 0.919. The summed E-state index contributed by atoms with van der Waals surface area (Å²) in [6, 6.07) is 15.7. The van der Waals surface area contributed by atoms with Crippen molar-refractivity contribution in [1.29, 1.82) is 0 Å². The zero-order valence-corrected chi connectivity index (χ0v) is 14.3. The van der Waals surface area contributed by atoms with Crippen LogP contribution in [0.15, 0.2) is 48.5 Å². The van der Waals surface area contributed by atoms with Gasteiger partial charge in [0.05, 0.1) is 7.11 Å². The molecule has 0 aromatic heterocycles. The van der Waals surface area contributed by atoms with Crippen LogP contribution in [-0.2, 0) is 0 Å². The molecule has 4 heteroatoms. The maximum Gasteiger partial charge on any atom is 0.253 e. The highest BCUT2D eigenvalue weighted by Gasteiger charge is 2.26. The second kappa shape index (κ2) is 7.49. The fraction of sp³-hybridized carbons (Fsp3) is 0.350. The number of rotatable bonds is 5. The number of amides is 1. The van der Waals surface area contributed by atoms with E-state index in [0.29, 0.717) is 5.92 Å². The fourth-order valence-corrected chi connectivity index (χ4v) is 3.34. The number of carbonyl (C=O) groups is 1. The average molecular weight is 324 g/mol. The maximum absolute atomic E-state index is 12.8. The molecule has 2 aromatic carbocycles. The summed E-state index contributed by atoms with van der Waals surface area (Å²) in [5, 5.41) is 3.20. The van der Waals surface area contributed by atoms with Crippen LogP contribution in [0.5, 0.6) is 5.75 Å². The van der Waals surface area contributed by atoms with Gasteiger partial charge < -0.3 is 15.0 Å². The molecule has 0 spiro atoms. The van der Waals surface area contributed by atoms with E-state index in [1.165, 1.54) is 0 Å². The summed E-state index contributed by atoms with van der Waals surface area (Å²) in [6.45, 7) is 2.62. The Labute approximate surface area is 143 Å². The van der Waals surface area contributed by atoms with Crippen molar-refractivity contribution in [2.45, 2.75) is 6.42 Å². The third-order valence-corrected chi connectivity index (χ3v) is 4.60. The summed E-state index contributed by atoms with van der Waals surface area (Å²) in [5.41, 5.74) is 2.73. The SMILES string of the molecule is CNC[C@H]1CCN(C(=O)c2ccc(OC)c(-c3ccccc3)c2)C1. The Bertz CT molecular complexity index is 700. The molecule has 1 heterocycles. The first-order valence-corrected chi connectivity index (χ1v) is 8.40. The number of ether oxygens (including phenoxy) is 1. The summed E-state index contributed by atoms with van der Waals surface area (Å²) in [6.07, 6.45) is 1.06. The molecule has 0 aliphatic carbocycles. The van der Waals surface area contributed by atoms with E-state index < -0.39 is 0 Å². The van der Waals surface area contributed by atoms with Gasteiger partial charge >= 0.3 is 0 Å². The molecule has 1 atom stereocenters. The summed E-state index contributed by atoms with van der Waals surface area (Å²) in [4.78, 5) is 14.8. The van der Waals surface area contributed by atoms with Crippen LogP contribution in [0.1, 0.15) is 16.8 Å². The van der Waals surface area contributed by atoms with Crippen molar-refractivity contribution in [3.63, 3.8) is 0 Å². The predicted molar refractivity (Wildman–Crippen MR) is 96.4 cm³/mol. The second-order valence-corrected chi connectivity index (χ2v) is 6.24. The van der Waals surface area contributed by atoms with Gasteiger partial charge in [-0.25, -0.2) is 0 Å². The number of carbonyl (C=O) groups excluding carboxylic acids is 1. The fourth-order valence-electron chi connectivity index (χ4n) is 3.34. The molecule has 0 unspecified atom stereocenters. The van der Waals surface area contributed by atoms with Gasteiger partial charge in [-0.2, -0.15) is 0 Å². The van der Waals surface area contributed by atoms with Crippen molar-refractivity contribution in [2.24, 2.45) is 5.92 Å². The summed E-state index contributed by atoms with van der Waals surface area (Å²) in [7, 11) is 3.62. The van der Waals surface area contributed by atoms with Crippen molar-refractivity contribution in [2.75, 3.05) is 33.8 Å². The predicted octanol–water partition coefficient (Wildman–Crippen LogP) is 3.04. The molecular weight excluding hydrogens is 300 g/mol. The third-order valence-electron chi connectivity index (χ3n) is 4.60. The number of hydrogen-bond donors (Lipinski definition) is 1. The zero-order chi connectivity index (χ0) is 16.9. The number of nitrogens with zero attached hydrogens (tertiary/aromatic N) is 1. The molecule has 1 saturated heterocycles. The Morgan fingerprint density at radius 3 is 2.75 bits per heavy atom. The first-order chi connectivity index (χ1) is 11.7. The van der Waals surface area contributed by atoms with Gasteiger partial charge in [0, 0.05) is 24.2 Å². The van der Waals surface area contributed by atoms with Gasteiger partial charge in [-0.15, -0.1) is 0 Å². The van der Waals surface area contributed by atoms with E-state index in [1.54, 1.807) is 7.11 Å². The maximum atomic E-state index is 12.8. The van der Waals surface area contributed by atoms with Gasteiger partial charge in [-0.1, -0.05) is 30.3 Å². The summed E-state index contributed by atoms with van der Waals surface area (Å²) < 4.78 is 5.48. The molecule has 1 amide bonds. The van der Waals surface area contributed by atoms with E-state index in [9.17, 15) is 4.79 Å². The van der Waals surface area contributed by atoms with E-state index in [4.69, 9.17) is 4.74 Å². The molecule has 2 aromatic rings. The Kier molecular flexibility index (Phi) is 5.16. The summed E-state index contributed by atoms with van der Waals surface area (Å²) in [5.74, 6) is 1.44. The lowest BCUT2D eigenvalue weighted by molar-refractivity contribution is 0.0787. The largest absolute Gasteiger partial charge is 0.496 e. The van der Waals surface area contributed by atoms with E-state index in [0.717, 1.165) is 48.5 Å². The minimum Gasteiger partial charge on any atom is -0.496 e. The molecule has 0 bridgehead atoms. The first-order valence-electron chi connectivity index (χ1n) is 8.40. The van der Waals surface area contributed by atoms with Gasteiger partial charge in [0.1, 0.15) is 5.75 Å². The highest BCUT2D eigenvalue weighted by molar-refractivity contribution is 5.96. The molecule has 1 aliphatic rings. The molecule has 0 saturated carbocycles. The Morgan fingerprint density at radius 1 is 1.25 bits per heavy atom. The Balaban J connectivity index is 1.85. The topological polar surface area (TPSA) is 41.6 Å². The zero-order valence-electron chi connectivity index (χ0n) is 14.3. The lowest BCUT2D eigenvalue weighted by Crippen LogP contribution is -2.30. The summed E-state index contributed by atoms with van der Waals surface area (Å²) >= 11 is 0. The van der Waals surface area contributed by atoms with Crippen LogP contribution in [0.25, 0.3) is 11.1 Å². The van der Waals surface area contributed by atoms with Crippen LogP contribution >= 0.6 is 0 Å².